The van der Waals surface area contributed by atoms with Gasteiger partial charge in [-0.05, 0) is 26.8 Å². The molecule has 0 saturated heterocycles. The van der Waals surface area contributed by atoms with Gasteiger partial charge >= 0.3 is 0 Å². The van der Waals surface area contributed by atoms with E-state index in [9.17, 15) is 4.79 Å². The van der Waals surface area contributed by atoms with E-state index >= 15 is 0 Å². The predicted octanol–water partition coefficient (Wildman–Crippen LogP) is 0.836. The van der Waals surface area contributed by atoms with E-state index in [-0.39, 0.29) is 18.1 Å². The fourth-order valence-electron chi connectivity index (χ4n) is 2.03. The third-order valence-corrected chi connectivity index (χ3v) is 3.13. The summed E-state index contributed by atoms with van der Waals surface area (Å²) in [5, 5.41) is 4.18. The third-order valence-electron chi connectivity index (χ3n) is 3.13. The van der Waals surface area contributed by atoms with Gasteiger partial charge in [0.2, 0.25) is 0 Å². The molecule has 0 aromatic carbocycles. The molecule has 0 radical (unpaired) electrons. The lowest BCUT2D eigenvalue weighted by atomic mass is 10.2. The second-order valence-corrected chi connectivity index (χ2v) is 4.81. The van der Waals surface area contributed by atoms with Crippen molar-refractivity contribution in [1.29, 1.82) is 0 Å². The van der Waals surface area contributed by atoms with E-state index in [1.165, 1.54) is 6.33 Å². The number of rotatable bonds is 4. The van der Waals surface area contributed by atoms with E-state index in [1.54, 1.807) is 10.6 Å². The van der Waals surface area contributed by atoms with Crippen LogP contribution in [-0.4, -0.2) is 19.3 Å². The first-order valence-corrected chi connectivity index (χ1v) is 6.32. The average Bonchev–Trinajstić information content (AvgIpc) is 2.83. The zero-order valence-electron chi connectivity index (χ0n) is 11.5. The molecule has 2 heterocycles. The summed E-state index contributed by atoms with van der Waals surface area (Å²) in [6.07, 6.45) is 1.52. The number of hydrogen-bond donors (Lipinski definition) is 1. The van der Waals surface area contributed by atoms with Gasteiger partial charge in [0, 0.05) is 23.8 Å². The van der Waals surface area contributed by atoms with Crippen molar-refractivity contribution in [3.8, 4) is 0 Å². The lowest BCUT2D eigenvalue weighted by Gasteiger charge is -2.13. The Morgan fingerprint density at radius 3 is 2.74 bits per heavy atom. The Morgan fingerprint density at radius 2 is 2.11 bits per heavy atom. The van der Waals surface area contributed by atoms with Crippen molar-refractivity contribution >= 4 is 0 Å². The Morgan fingerprint density at radius 1 is 1.37 bits per heavy atom. The summed E-state index contributed by atoms with van der Waals surface area (Å²) in [5.41, 5.74) is 7.02. The number of nitrogens with zero attached hydrogens (tertiary/aromatic N) is 4. The van der Waals surface area contributed by atoms with Crippen LogP contribution in [0.3, 0.4) is 0 Å². The van der Waals surface area contributed by atoms with E-state index in [4.69, 9.17) is 5.73 Å². The van der Waals surface area contributed by atoms with Gasteiger partial charge < -0.3 is 10.3 Å². The van der Waals surface area contributed by atoms with Crippen LogP contribution in [0.2, 0.25) is 0 Å². The lowest BCUT2D eigenvalue weighted by Crippen LogP contribution is -2.28. The molecule has 102 valence electrons. The van der Waals surface area contributed by atoms with Crippen molar-refractivity contribution in [2.45, 2.75) is 39.9 Å². The molecule has 0 amide bonds. The molecule has 0 saturated carbocycles. The molecule has 6 heteroatoms. The van der Waals surface area contributed by atoms with Gasteiger partial charge in [0.1, 0.15) is 12.2 Å². The van der Waals surface area contributed by atoms with E-state index < -0.39 is 0 Å². The summed E-state index contributed by atoms with van der Waals surface area (Å²) in [6, 6.07) is 3.90. The molecule has 0 unspecified atom stereocenters. The molecule has 0 aliphatic rings. The number of aromatic nitrogens is 4. The Hall–Kier alpha value is -1.95. The quantitative estimate of drug-likeness (QED) is 0.884. The first-order valence-electron chi connectivity index (χ1n) is 6.32. The lowest BCUT2D eigenvalue weighted by molar-refractivity contribution is 0.492. The molecule has 0 atom stereocenters. The molecule has 2 aromatic rings. The second kappa shape index (κ2) is 5.36. The zero-order valence-corrected chi connectivity index (χ0v) is 11.5. The molecule has 2 N–H and O–H groups in total. The highest BCUT2D eigenvalue weighted by Gasteiger charge is 2.11. The summed E-state index contributed by atoms with van der Waals surface area (Å²) in [7, 11) is 0. The maximum absolute atomic E-state index is 12.3. The largest absolute Gasteiger partial charge is 0.326 e. The molecule has 0 fully saturated rings. The van der Waals surface area contributed by atoms with Crippen LogP contribution in [0.1, 0.15) is 37.0 Å². The first kappa shape index (κ1) is 13.5. The predicted molar refractivity (Wildman–Crippen MR) is 72.8 cm³/mol. The Kier molecular flexibility index (Phi) is 3.80. The van der Waals surface area contributed by atoms with Crippen molar-refractivity contribution in [1.82, 2.24) is 19.3 Å². The molecular weight excluding hydrogens is 242 g/mol. The highest BCUT2D eigenvalue weighted by molar-refractivity contribution is 5.16. The van der Waals surface area contributed by atoms with Crippen LogP contribution in [0.25, 0.3) is 0 Å². The monoisotopic (exact) mass is 261 g/mol. The van der Waals surface area contributed by atoms with Gasteiger partial charge in [-0.2, -0.15) is 5.10 Å². The van der Waals surface area contributed by atoms with Gasteiger partial charge in [-0.1, -0.05) is 6.07 Å². The van der Waals surface area contributed by atoms with Crippen LogP contribution in [0, 0.1) is 6.92 Å². The van der Waals surface area contributed by atoms with Gasteiger partial charge in [0.05, 0.1) is 6.54 Å². The fourth-order valence-corrected chi connectivity index (χ4v) is 2.03. The van der Waals surface area contributed by atoms with Crippen LogP contribution < -0.4 is 11.3 Å². The maximum Gasteiger partial charge on any atom is 0.255 e. The molecule has 0 aliphatic carbocycles. The summed E-state index contributed by atoms with van der Waals surface area (Å²) in [5.74, 6) is 0.773. The van der Waals surface area contributed by atoms with Gasteiger partial charge in [-0.25, -0.2) is 9.67 Å². The molecule has 19 heavy (non-hydrogen) atoms. The van der Waals surface area contributed by atoms with Gasteiger partial charge in [-0.3, -0.25) is 4.79 Å². The molecule has 6 nitrogen and oxygen atoms in total. The van der Waals surface area contributed by atoms with Crippen molar-refractivity contribution < 1.29 is 0 Å². The van der Waals surface area contributed by atoms with Gasteiger partial charge in [0.25, 0.3) is 5.56 Å². The van der Waals surface area contributed by atoms with E-state index in [1.807, 2.05) is 31.5 Å². The van der Waals surface area contributed by atoms with E-state index in [0.29, 0.717) is 12.1 Å². The normalized spacial score (nSPS) is 11.2. The topological polar surface area (TPSA) is 78.7 Å². The second-order valence-electron chi connectivity index (χ2n) is 4.81. The maximum atomic E-state index is 12.3. The van der Waals surface area contributed by atoms with Crippen molar-refractivity contribution in [3.63, 3.8) is 0 Å². The summed E-state index contributed by atoms with van der Waals surface area (Å²) in [4.78, 5) is 16.5. The summed E-state index contributed by atoms with van der Waals surface area (Å²) >= 11 is 0. The van der Waals surface area contributed by atoms with Gasteiger partial charge in [-0.15, -0.1) is 0 Å². The minimum absolute atomic E-state index is 0.0548. The standard InChI is InChI=1S/C13H19N5O/c1-9(2)18-12(15-8-16-18)7-17-10(3)4-5-11(6-14)13(17)19/h4-5,8-9H,6-7,14H2,1-3H3. The molecular formula is C13H19N5O. The molecule has 2 aromatic heterocycles. The smallest absolute Gasteiger partial charge is 0.255 e. The van der Waals surface area contributed by atoms with Crippen LogP contribution in [-0.2, 0) is 13.1 Å². The minimum Gasteiger partial charge on any atom is -0.326 e. The van der Waals surface area contributed by atoms with Gasteiger partial charge in [0.15, 0.2) is 0 Å². The van der Waals surface area contributed by atoms with Crippen LogP contribution >= 0.6 is 0 Å². The Balaban J connectivity index is 2.44. The SMILES string of the molecule is Cc1ccc(CN)c(=O)n1Cc1ncnn1C(C)C. The zero-order chi connectivity index (χ0) is 14.0. The third kappa shape index (κ3) is 2.58. The first-order chi connectivity index (χ1) is 9.04. The molecule has 0 aliphatic heterocycles. The number of hydrogen-bond acceptors (Lipinski definition) is 4. The van der Waals surface area contributed by atoms with Crippen LogP contribution in [0.5, 0.6) is 0 Å². The number of nitrogens with two attached hydrogens (primary N) is 1. The minimum atomic E-state index is -0.0548. The van der Waals surface area contributed by atoms with Crippen molar-refractivity contribution in [2.24, 2.45) is 5.73 Å². The number of aryl methyl sites for hydroxylation is 1. The fraction of sp³-hybridized carbons (Fsp3) is 0.462. The highest BCUT2D eigenvalue weighted by atomic mass is 16.1. The molecule has 2 rings (SSSR count). The highest BCUT2D eigenvalue weighted by Crippen LogP contribution is 2.07. The average molecular weight is 261 g/mol. The van der Waals surface area contributed by atoms with E-state index in [0.717, 1.165) is 11.5 Å². The molecule has 0 bridgehead atoms. The number of pyridine rings is 1. The van der Waals surface area contributed by atoms with E-state index in [2.05, 4.69) is 10.1 Å². The Labute approximate surface area is 111 Å². The Bertz CT molecular complexity index is 626. The van der Waals surface area contributed by atoms with Crippen LogP contribution in [0.15, 0.2) is 23.3 Å². The van der Waals surface area contributed by atoms with Crippen molar-refractivity contribution in [2.75, 3.05) is 0 Å². The van der Waals surface area contributed by atoms with Crippen LogP contribution in [0.4, 0.5) is 0 Å². The summed E-state index contributed by atoms with van der Waals surface area (Å²) in [6.45, 7) is 6.62. The summed E-state index contributed by atoms with van der Waals surface area (Å²) < 4.78 is 3.51. The van der Waals surface area contributed by atoms with Crippen molar-refractivity contribution in [3.05, 3.63) is 45.9 Å². The molecule has 0 spiro atoms.